The van der Waals surface area contributed by atoms with Crippen molar-refractivity contribution in [1.29, 1.82) is 0 Å². The molecule has 0 amide bonds. The van der Waals surface area contributed by atoms with Gasteiger partial charge < -0.3 is 0 Å². The van der Waals surface area contributed by atoms with Crippen LogP contribution in [0.3, 0.4) is 0 Å². The smallest absolute Gasteiger partial charge is 0.258 e. The van der Waals surface area contributed by atoms with Crippen LogP contribution in [0.2, 0.25) is 0 Å². The molecule has 2 aromatic carbocycles. The second kappa shape index (κ2) is 9.28. The lowest BCUT2D eigenvalue weighted by Gasteiger charge is -2.32. The first-order valence-electron chi connectivity index (χ1n) is 9.54. The second-order valence-electron chi connectivity index (χ2n) is 7.19. The second-order valence-corrected chi connectivity index (χ2v) is 10.6. The minimum atomic E-state index is -4.35. The highest BCUT2D eigenvalue weighted by Crippen LogP contribution is 2.28. The molecule has 2 atom stereocenters. The standard InChI is InChI=1S/C18H20N4O8S2/c23-21(24)15-9-3-5-11-17(15)31(27,28)19-13-7-1-2-8-14(13)20-32(29,30)18-12-6-4-10-16(18)22(25)26/h3-6,9-14,19-20H,1-2,7-8H2/t13-,14?/m1/s1. The molecule has 0 saturated heterocycles. The zero-order valence-corrected chi connectivity index (χ0v) is 18.2. The Morgan fingerprint density at radius 2 is 1.03 bits per heavy atom. The predicted octanol–water partition coefficient (Wildman–Crippen LogP) is 2.07. The van der Waals surface area contributed by atoms with Crippen molar-refractivity contribution < 1.29 is 26.7 Å². The Morgan fingerprint density at radius 1 is 0.688 bits per heavy atom. The van der Waals surface area contributed by atoms with E-state index in [4.69, 9.17) is 0 Å². The molecule has 0 bridgehead atoms. The number of sulfonamides is 2. The summed E-state index contributed by atoms with van der Waals surface area (Å²) in [6.45, 7) is 0. The van der Waals surface area contributed by atoms with E-state index in [-0.39, 0.29) is 12.8 Å². The molecule has 172 valence electrons. The predicted molar refractivity (Wildman–Crippen MR) is 113 cm³/mol. The molecule has 1 fully saturated rings. The SMILES string of the molecule is O=[N+]([O-])c1ccccc1S(=O)(=O)NC1CCCC[C@H]1NS(=O)(=O)c1ccccc1[N+](=O)[O-]. The van der Waals surface area contributed by atoms with Crippen LogP contribution in [0.25, 0.3) is 0 Å². The van der Waals surface area contributed by atoms with Gasteiger partial charge in [0.15, 0.2) is 9.79 Å². The Morgan fingerprint density at radius 3 is 1.38 bits per heavy atom. The maximum atomic E-state index is 12.9. The van der Waals surface area contributed by atoms with Crippen LogP contribution in [0.5, 0.6) is 0 Å². The third-order valence-corrected chi connectivity index (χ3v) is 8.16. The summed E-state index contributed by atoms with van der Waals surface area (Å²) in [6.07, 6.45) is 1.77. The van der Waals surface area contributed by atoms with Gasteiger partial charge in [0.05, 0.1) is 9.85 Å². The highest BCUT2D eigenvalue weighted by Gasteiger charge is 2.36. The Bertz CT molecular complexity index is 1150. The van der Waals surface area contributed by atoms with Crippen LogP contribution in [-0.2, 0) is 20.0 Å². The van der Waals surface area contributed by atoms with E-state index in [2.05, 4.69) is 9.44 Å². The van der Waals surface area contributed by atoms with Crippen molar-refractivity contribution in [3.05, 3.63) is 68.8 Å². The lowest BCUT2D eigenvalue weighted by Crippen LogP contribution is -2.53. The first kappa shape index (κ1) is 23.7. The van der Waals surface area contributed by atoms with Crippen LogP contribution in [0, 0.1) is 20.2 Å². The number of benzene rings is 2. The highest BCUT2D eigenvalue weighted by atomic mass is 32.2. The molecular weight excluding hydrogens is 464 g/mol. The normalized spacial score (nSPS) is 19.4. The Kier molecular flexibility index (Phi) is 6.88. The number of nitro groups is 2. The van der Waals surface area contributed by atoms with Gasteiger partial charge in [-0.15, -0.1) is 0 Å². The van der Waals surface area contributed by atoms with E-state index >= 15 is 0 Å². The summed E-state index contributed by atoms with van der Waals surface area (Å²) in [5, 5.41) is 22.4. The third-order valence-electron chi connectivity index (χ3n) is 5.08. The number of nitrogens with one attached hydrogen (secondary N) is 2. The zero-order valence-electron chi connectivity index (χ0n) is 16.6. The van der Waals surface area contributed by atoms with Crippen LogP contribution in [0.15, 0.2) is 58.3 Å². The molecule has 1 saturated carbocycles. The van der Waals surface area contributed by atoms with Crippen LogP contribution in [0.4, 0.5) is 11.4 Å². The fourth-order valence-electron chi connectivity index (χ4n) is 3.61. The van der Waals surface area contributed by atoms with Crippen LogP contribution in [-0.4, -0.2) is 38.8 Å². The quantitative estimate of drug-likeness (QED) is 0.422. The van der Waals surface area contributed by atoms with E-state index in [0.29, 0.717) is 12.8 Å². The molecule has 2 aromatic rings. The van der Waals surface area contributed by atoms with E-state index < -0.39 is 63.1 Å². The van der Waals surface area contributed by atoms with E-state index in [0.717, 1.165) is 24.3 Å². The highest BCUT2D eigenvalue weighted by molar-refractivity contribution is 7.90. The van der Waals surface area contributed by atoms with E-state index in [1.807, 2.05) is 0 Å². The topological polar surface area (TPSA) is 179 Å². The van der Waals surface area contributed by atoms with Gasteiger partial charge in [-0.05, 0) is 25.0 Å². The van der Waals surface area contributed by atoms with Crippen molar-refractivity contribution >= 4 is 31.4 Å². The first-order valence-corrected chi connectivity index (χ1v) is 12.5. The van der Waals surface area contributed by atoms with Crippen LogP contribution in [0.1, 0.15) is 25.7 Å². The van der Waals surface area contributed by atoms with Crippen molar-refractivity contribution in [2.24, 2.45) is 0 Å². The molecule has 2 N–H and O–H groups in total. The number of rotatable bonds is 8. The number of para-hydroxylation sites is 2. The van der Waals surface area contributed by atoms with Gasteiger partial charge in [0, 0.05) is 24.2 Å². The van der Waals surface area contributed by atoms with Gasteiger partial charge in [-0.25, -0.2) is 26.3 Å². The molecule has 32 heavy (non-hydrogen) atoms. The van der Waals surface area contributed by atoms with E-state index in [1.165, 1.54) is 24.3 Å². The van der Waals surface area contributed by atoms with Gasteiger partial charge in [0.25, 0.3) is 11.4 Å². The fourth-order valence-corrected chi connectivity index (χ4v) is 6.58. The minimum absolute atomic E-state index is 0.282. The van der Waals surface area contributed by atoms with Crippen LogP contribution >= 0.6 is 0 Å². The molecule has 1 aliphatic carbocycles. The molecule has 0 aromatic heterocycles. The van der Waals surface area contributed by atoms with Gasteiger partial charge in [0.1, 0.15) is 0 Å². The van der Waals surface area contributed by atoms with Crippen molar-refractivity contribution in [2.75, 3.05) is 0 Å². The van der Waals surface area contributed by atoms with Gasteiger partial charge in [-0.2, -0.15) is 0 Å². The summed E-state index contributed by atoms with van der Waals surface area (Å²) < 4.78 is 56.2. The number of hydrogen-bond donors (Lipinski definition) is 2. The molecule has 12 nitrogen and oxygen atoms in total. The molecular formula is C18H20N4O8S2. The lowest BCUT2D eigenvalue weighted by atomic mass is 9.92. The van der Waals surface area contributed by atoms with Crippen LogP contribution < -0.4 is 9.44 Å². The average Bonchev–Trinajstić information content (AvgIpc) is 2.74. The molecule has 0 spiro atoms. The molecule has 0 aliphatic heterocycles. The summed E-state index contributed by atoms with van der Waals surface area (Å²) in [7, 11) is -8.69. The number of nitrogens with zero attached hydrogens (tertiary/aromatic N) is 2. The molecule has 14 heteroatoms. The van der Waals surface area contributed by atoms with E-state index in [1.54, 1.807) is 0 Å². The summed E-state index contributed by atoms with van der Waals surface area (Å²) in [5.41, 5.74) is -1.21. The third kappa shape index (κ3) is 5.09. The summed E-state index contributed by atoms with van der Waals surface area (Å²) in [6, 6.07) is 7.87. The fraction of sp³-hybridized carbons (Fsp3) is 0.333. The van der Waals surface area contributed by atoms with E-state index in [9.17, 15) is 37.1 Å². The monoisotopic (exact) mass is 484 g/mol. The van der Waals surface area contributed by atoms with Gasteiger partial charge in [0.2, 0.25) is 20.0 Å². The van der Waals surface area contributed by atoms with Gasteiger partial charge >= 0.3 is 0 Å². The summed E-state index contributed by atoms with van der Waals surface area (Å²) in [4.78, 5) is 19.8. The van der Waals surface area contributed by atoms with Crippen molar-refractivity contribution in [2.45, 2.75) is 47.6 Å². The summed E-state index contributed by atoms with van der Waals surface area (Å²) in [5.74, 6) is 0. The number of hydrogen-bond acceptors (Lipinski definition) is 8. The molecule has 0 heterocycles. The van der Waals surface area contributed by atoms with Gasteiger partial charge in [-0.3, -0.25) is 20.2 Å². The summed E-state index contributed by atoms with van der Waals surface area (Å²) >= 11 is 0. The maximum Gasteiger partial charge on any atom is 0.289 e. The van der Waals surface area contributed by atoms with Crippen molar-refractivity contribution in [1.82, 2.24) is 9.44 Å². The maximum absolute atomic E-state index is 12.9. The van der Waals surface area contributed by atoms with Crippen molar-refractivity contribution in [3.8, 4) is 0 Å². The van der Waals surface area contributed by atoms with Gasteiger partial charge in [-0.1, -0.05) is 37.1 Å². The Hall–Kier alpha value is -2.94. The Balaban J connectivity index is 1.89. The molecule has 0 radical (unpaired) electrons. The molecule has 1 aliphatic rings. The largest absolute Gasteiger partial charge is 0.289 e. The average molecular weight is 485 g/mol. The first-order chi connectivity index (χ1) is 15.0. The molecule has 3 rings (SSSR count). The Labute approximate surface area is 184 Å². The zero-order chi connectivity index (χ0) is 23.5. The number of nitro benzene ring substituents is 2. The molecule has 1 unspecified atom stereocenters. The lowest BCUT2D eigenvalue weighted by molar-refractivity contribution is -0.388. The minimum Gasteiger partial charge on any atom is -0.258 e. The van der Waals surface area contributed by atoms with Crippen molar-refractivity contribution in [3.63, 3.8) is 0 Å².